The van der Waals surface area contributed by atoms with Gasteiger partial charge < -0.3 is 5.11 Å². The SMILES string of the molecule is CC(O)Cc1cccc2c1S(=O)(=O)CC2C. The van der Waals surface area contributed by atoms with Crippen molar-refractivity contribution in [2.75, 3.05) is 5.75 Å². The summed E-state index contributed by atoms with van der Waals surface area (Å²) in [6, 6.07) is 5.53. The molecule has 0 saturated carbocycles. The average molecular weight is 240 g/mol. The highest BCUT2D eigenvalue weighted by Gasteiger charge is 2.34. The molecule has 4 heteroatoms. The van der Waals surface area contributed by atoms with Crippen LogP contribution in [-0.4, -0.2) is 25.4 Å². The van der Waals surface area contributed by atoms with Gasteiger partial charge in [0.2, 0.25) is 0 Å². The van der Waals surface area contributed by atoms with Gasteiger partial charge >= 0.3 is 0 Å². The molecule has 0 saturated heterocycles. The lowest BCUT2D eigenvalue weighted by Gasteiger charge is -2.10. The molecule has 1 aromatic carbocycles. The lowest BCUT2D eigenvalue weighted by molar-refractivity contribution is 0.194. The summed E-state index contributed by atoms with van der Waals surface area (Å²) in [5, 5.41) is 9.38. The van der Waals surface area contributed by atoms with Crippen LogP contribution in [0.25, 0.3) is 0 Å². The van der Waals surface area contributed by atoms with Crippen LogP contribution in [0.1, 0.15) is 30.9 Å². The summed E-state index contributed by atoms with van der Waals surface area (Å²) >= 11 is 0. The third-order valence-electron chi connectivity index (χ3n) is 2.95. The topological polar surface area (TPSA) is 54.4 Å². The Balaban J connectivity index is 2.59. The minimum absolute atomic E-state index is 0.0638. The summed E-state index contributed by atoms with van der Waals surface area (Å²) in [5.41, 5.74) is 1.65. The number of hydrogen-bond acceptors (Lipinski definition) is 3. The Morgan fingerprint density at radius 2 is 2.19 bits per heavy atom. The predicted molar refractivity (Wildman–Crippen MR) is 62.3 cm³/mol. The molecule has 1 N–H and O–H groups in total. The van der Waals surface area contributed by atoms with Crippen molar-refractivity contribution < 1.29 is 13.5 Å². The Bertz CT molecular complexity index is 503. The molecule has 1 aromatic rings. The minimum Gasteiger partial charge on any atom is -0.393 e. The lowest BCUT2D eigenvalue weighted by Crippen LogP contribution is -2.09. The number of benzene rings is 1. The normalized spacial score (nSPS) is 24.1. The fraction of sp³-hybridized carbons (Fsp3) is 0.500. The predicted octanol–water partition coefficient (Wildman–Crippen LogP) is 1.50. The molecule has 88 valence electrons. The summed E-state index contributed by atoms with van der Waals surface area (Å²) in [5.74, 6) is 0.257. The fourth-order valence-electron chi connectivity index (χ4n) is 2.35. The molecule has 1 aliphatic heterocycles. The third-order valence-corrected chi connectivity index (χ3v) is 5.01. The number of rotatable bonds is 2. The highest BCUT2D eigenvalue weighted by Crippen LogP contribution is 2.37. The third kappa shape index (κ3) is 1.87. The van der Waals surface area contributed by atoms with Gasteiger partial charge in [-0.05, 0) is 30.4 Å². The van der Waals surface area contributed by atoms with Crippen molar-refractivity contribution in [3.8, 4) is 0 Å². The molecule has 0 spiro atoms. The van der Waals surface area contributed by atoms with Gasteiger partial charge in [-0.3, -0.25) is 0 Å². The summed E-state index contributed by atoms with van der Waals surface area (Å²) in [4.78, 5) is 0.461. The van der Waals surface area contributed by atoms with Crippen LogP contribution >= 0.6 is 0 Å². The van der Waals surface area contributed by atoms with Gasteiger partial charge in [0.05, 0.1) is 16.8 Å². The van der Waals surface area contributed by atoms with E-state index in [-0.39, 0.29) is 11.7 Å². The highest BCUT2D eigenvalue weighted by atomic mass is 32.2. The number of fused-ring (bicyclic) bond motifs is 1. The van der Waals surface area contributed by atoms with Gasteiger partial charge in [0.1, 0.15) is 0 Å². The Labute approximate surface area is 96.0 Å². The van der Waals surface area contributed by atoms with E-state index in [1.54, 1.807) is 13.0 Å². The summed E-state index contributed by atoms with van der Waals surface area (Å²) in [7, 11) is -3.14. The van der Waals surface area contributed by atoms with E-state index in [1.165, 1.54) is 0 Å². The van der Waals surface area contributed by atoms with Crippen molar-refractivity contribution in [2.24, 2.45) is 0 Å². The maximum Gasteiger partial charge on any atom is 0.179 e. The van der Waals surface area contributed by atoms with Gasteiger partial charge in [-0.2, -0.15) is 0 Å². The zero-order chi connectivity index (χ0) is 11.9. The first-order valence-corrected chi connectivity index (χ1v) is 7.09. The second kappa shape index (κ2) is 3.86. The van der Waals surface area contributed by atoms with Crippen LogP contribution in [0.2, 0.25) is 0 Å². The molecule has 2 atom stereocenters. The van der Waals surface area contributed by atoms with Gasteiger partial charge in [0, 0.05) is 0 Å². The van der Waals surface area contributed by atoms with E-state index in [9.17, 15) is 13.5 Å². The highest BCUT2D eigenvalue weighted by molar-refractivity contribution is 7.91. The molecule has 3 nitrogen and oxygen atoms in total. The molecular formula is C12H16O3S. The quantitative estimate of drug-likeness (QED) is 0.852. The van der Waals surface area contributed by atoms with Crippen LogP contribution in [0.3, 0.4) is 0 Å². The zero-order valence-corrected chi connectivity index (χ0v) is 10.3. The first-order chi connectivity index (χ1) is 7.42. The van der Waals surface area contributed by atoms with Crippen LogP contribution in [0.5, 0.6) is 0 Å². The number of aliphatic hydroxyl groups excluding tert-OH is 1. The Morgan fingerprint density at radius 3 is 2.81 bits per heavy atom. The van der Waals surface area contributed by atoms with Crippen molar-refractivity contribution in [2.45, 2.75) is 37.2 Å². The molecule has 1 aliphatic rings. The summed E-state index contributed by atoms with van der Waals surface area (Å²) in [6.07, 6.45) is -0.118. The Kier molecular flexibility index (Phi) is 2.80. The van der Waals surface area contributed by atoms with E-state index in [0.29, 0.717) is 11.3 Å². The van der Waals surface area contributed by atoms with Crippen molar-refractivity contribution in [3.05, 3.63) is 29.3 Å². The van der Waals surface area contributed by atoms with E-state index in [0.717, 1.165) is 11.1 Å². The average Bonchev–Trinajstić information content (AvgIpc) is 2.37. The molecule has 0 fully saturated rings. The maximum absolute atomic E-state index is 12.0. The molecule has 0 radical (unpaired) electrons. The van der Waals surface area contributed by atoms with Crippen LogP contribution in [0.4, 0.5) is 0 Å². The molecule has 16 heavy (non-hydrogen) atoms. The van der Waals surface area contributed by atoms with Crippen molar-refractivity contribution >= 4 is 9.84 Å². The first-order valence-electron chi connectivity index (χ1n) is 5.44. The largest absolute Gasteiger partial charge is 0.393 e. The second-order valence-corrected chi connectivity index (χ2v) is 6.54. The fourth-order valence-corrected chi connectivity index (χ4v) is 4.54. The molecule has 2 unspecified atom stereocenters. The number of aliphatic hydroxyl groups is 1. The van der Waals surface area contributed by atoms with Gasteiger partial charge in [-0.25, -0.2) is 8.42 Å². The number of sulfone groups is 1. The molecule has 0 aliphatic carbocycles. The number of hydrogen-bond donors (Lipinski definition) is 1. The smallest absolute Gasteiger partial charge is 0.179 e. The van der Waals surface area contributed by atoms with Gasteiger partial charge in [0.15, 0.2) is 9.84 Å². The molecule has 2 rings (SSSR count). The standard InChI is InChI=1S/C12H16O3S/c1-8-7-16(14,15)12-10(6-9(2)13)4-3-5-11(8)12/h3-5,8-9,13H,6-7H2,1-2H3. The van der Waals surface area contributed by atoms with Crippen LogP contribution in [0, 0.1) is 0 Å². The molecule has 0 aromatic heterocycles. The van der Waals surface area contributed by atoms with Crippen LogP contribution < -0.4 is 0 Å². The zero-order valence-electron chi connectivity index (χ0n) is 9.47. The molecule has 0 amide bonds. The minimum atomic E-state index is -3.14. The Morgan fingerprint density at radius 1 is 1.50 bits per heavy atom. The Hall–Kier alpha value is -0.870. The van der Waals surface area contributed by atoms with Gasteiger partial charge in [-0.15, -0.1) is 0 Å². The van der Waals surface area contributed by atoms with Gasteiger partial charge in [-0.1, -0.05) is 25.1 Å². The summed E-state index contributed by atoms with van der Waals surface area (Å²) < 4.78 is 24.0. The van der Waals surface area contributed by atoms with Crippen molar-refractivity contribution in [3.63, 3.8) is 0 Å². The van der Waals surface area contributed by atoms with E-state index in [2.05, 4.69) is 0 Å². The van der Waals surface area contributed by atoms with Crippen LogP contribution in [0.15, 0.2) is 23.1 Å². The van der Waals surface area contributed by atoms with Crippen molar-refractivity contribution in [1.82, 2.24) is 0 Å². The molecule has 1 heterocycles. The van der Waals surface area contributed by atoms with Gasteiger partial charge in [0.25, 0.3) is 0 Å². The van der Waals surface area contributed by atoms with E-state index < -0.39 is 15.9 Å². The molecular weight excluding hydrogens is 224 g/mol. The van der Waals surface area contributed by atoms with E-state index in [1.807, 2.05) is 19.1 Å². The molecule has 0 bridgehead atoms. The second-order valence-electron chi connectivity index (χ2n) is 4.57. The first kappa shape index (κ1) is 11.6. The van der Waals surface area contributed by atoms with E-state index >= 15 is 0 Å². The monoisotopic (exact) mass is 240 g/mol. The lowest BCUT2D eigenvalue weighted by atomic mass is 9.99. The van der Waals surface area contributed by atoms with Crippen LogP contribution in [-0.2, 0) is 16.3 Å². The maximum atomic E-state index is 12.0. The van der Waals surface area contributed by atoms with Crippen molar-refractivity contribution in [1.29, 1.82) is 0 Å². The summed E-state index contributed by atoms with van der Waals surface area (Å²) in [6.45, 7) is 3.60. The van der Waals surface area contributed by atoms with E-state index in [4.69, 9.17) is 0 Å².